The highest BCUT2D eigenvalue weighted by Crippen LogP contribution is 2.42. The first-order chi connectivity index (χ1) is 9.11. The molecule has 2 heterocycles. The lowest BCUT2D eigenvalue weighted by molar-refractivity contribution is -0.0713. The van der Waals surface area contributed by atoms with E-state index in [-0.39, 0.29) is 5.54 Å². The molecule has 0 aliphatic carbocycles. The van der Waals surface area contributed by atoms with Crippen molar-refractivity contribution in [3.05, 3.63) is 28.2 Å². The van der Waals surface area contributed by atoms with Crippen molar-refractivity contribution in [2.75, 3.05) is 19.7 Å². The molecule has 1 fully saturated rings. The van der Waals surface area contributed by atoms with Crippen LogP contribution in [-0.2, 0) is 0 Å². The van der Waals surface area contributed by atoms with Gasteiger partial charge in [0.1, 0.15) is 18.5 Å². The largest absolute Gasteiger partial charge is 0.491 e. The van der Waals surface area contributed by atoms with Crippen molar-refractivity contribution in [2.24, 2.45) is 0 Å². The molecule has 0 saturated carbocycles. The Bertz CT molecular complexity index is 473. The van der Waals surface area contributed by atoms with Crippen LogP contribution in [0.3, 0.4) is 0 Å². The van der Waals surface area contributed by atoms with E-state index in [2.05, 4.69) is 27.8 Å². The topological polar surface area (TPSA) is 32.7 Å². The first kappa shape index (κ1) is 13.4. The molecule has 4 heteroatoms. The summed E-state index contributed by atoms with van der Waals surface area (Å²) in [4.78, 5) is 2.39. The number of rotatable bonds is 1. The first-order valence-electron chi connectivity index (χ1n) is 6.96. The van der Waals surface area contributed by atoms with Gasteiger partial charge in [-0.3, -0.25) is 4.90 Å². The first-order valence-corrected chi connectivity index (χ1v) is 7.76. The second-order valence-electron chi connectivity index (χ2n) is 5.78. The zero-order valence-electron chi connectivity index (χ0n) is 11.2. The smallest absolute Gasteiger partial charge is 0.125 e. The summed E-state index contributed by atoms with van der Waals surface area (Å²) in [7, 11) is 0. The van der Waals surface area contributed by atoms with Crippen LogP contribution in [0.4, 0.5) is 0 Å². The number of likely N-dealkylation sites (tertiary alicyclic amines) is 1. The van der Waals surface area contributed by atoms with Crippen molar-refractivity contribution in [1.82, 2.24) is 4.90 Å². The molecule has 1 aromatic carbocycles. The fraction of sp³-hybridized carbons (Fsp3) is 0.600. The third-order valence-electron chi connectivity index (χ3n) is 4.45. The Hall–Kier alpha value is -0.580. The monoisotopic (exact) mass is 325 g/mol. The fourth-order valence-corrected chi connectivity index (χ4v) is 3.55. The van der Waals surface area contributed by atoms with Crippen molar-refractivity contribution >= 4 is 15.9 Å². The van der Waals surface area contributed by atoms with Crippen LogP contribution in [0, 0.1) is 0 Å². The van der Waals surface area contributed by atoms with Gasteiger partial charge in [-0.05, 0) is 51.1 Å². The van der Waals surface area contributed by atoms with Gasteiger partial charge in [0.25, 0.3) is 0 Å². The number of halogens is 1. The molecule has 2 atom stereocenters. The number of hydrogen-bond acceptors (Lipinski definition) is 3. The lowest BCUT2D eigenvalue weighted by atomic mass is 9.84. The van der Waals surface area contributed by atoms with E-state index in [1.807, 2.05) is 18.2 Å². The average Bonchev–Trinajstić information content (AvgIpc) is 2.45. The molecule has 1 N–H and O–H groups in total. The molecule has 104 valence electrons. The Morgan fingerprint density at radius 3 is 2.79 bits per heavy atom. The van der Waals surface area contributed by atoms with E-state index in [4.69, 9.17) is 4.74 Å². The maximum Gasteiger partial charge on any atom is 0.125 e. The molecule has 0 amide bonds. The van der Waals surface area contributed by atoms with Gasteiger partial charge < -0.3 is 9.84 Å². The number of piperidine rings is 1. The number of benzene rings is 1. The van der Waals surface area contributed by atoms with Crippen LogP contribution in [-0.4, -0.2) is 35.2 Å². The van der Waals surface area contributed by atoms with E-state index in [9.17, 15) is 5.11 Å². The second kappa shape index (κ2) is 5.08. The molecule has 19 heavy (non-hydrogen) atoms. The summed E-state index contributed by atoms with van der Waals surface area (Å²) in [5.41, 5.74) is 0.586. The standard InChI is InChI=1S/C15H20BrNO2/c1-15(17-7-3-2-4-8-17)10-19-13-6-5-11(16)9-12(13)14(15)18/h5-6,9,14,18H,2-4,7-8,10H2,1H3. The number of aliphatic hydroxyl groups excluding tert-OH is 1. The highest BCUT2D eigenvalue weighted by molar-refractivity contribution is 9.10. The maximum atomic E-state index is 10.8. The summed E-state index contributed by atoms with van der Waals surface area (Å²) in [5.74, 6) is 0.810. The Labute approximate surface area is 122 Å². The Kier molecular flexibility index (Phi) is 3.58. The summed E-state index contributed by atoms with van der Waals surface area (Å²) < 4.78 is 6.88. The highest BCUT2D eigenvalue weighted by Gasteiger charge is 2.44. The van der Waals surface area contributed by atoms with E-state index >= 15 is 0 Å². The van der Waals surface area contributed by atoms with Gasteiger partial charge in [0.15, 0.2) is 0 Å². The van der Waals surface area contributed by atoms with Crippen molar-refractivity contribution in [3.8, 4) is 5.75 Å². The van der Waals surface area contributed by atoms with Crippen LogP contribution in [0.15, 0.2) is 22.7 Å². The van der Waals surface area contributed by atoms with Crippen LogP contribution in [0.5, 0.6) is 5.75 Å². The van der Waals surface area contributed by atoms with E-state index in [0.29, 0.717) is 6.61 Å². The van der Waals surface area contributed by atoms with E-state index in [1.54, 1.807) is 0 Å². The van der Waals surface area contributed by atoms with Crippen molar-refractivity contribution in [2.45, 2.75) is 37.8 Å². The predicted molar refractivity (Wildman–Crippen MR) is 78.4 cm³/mol. The minimum absolute atomic E-state index is 0.311. The Morgan fingerprint density at radius 2 is 2.05 bits per heavy atom. The normalized spacial score (nSPS) is 31.6. The molecule has 0 bridgehead atoms. The zero-order chi connectivity index (χ0) is 13.5. The molecule has 3 rings (SSSR count). The molecule has 2 aliphatic heterocycles. The van der Waals surface area contributed by atoms with Gasteiger partial charge in [-0.1, -0.05) is 22.4 Å². The average molecular weight is 326 g/mol. The number of ether oxygens (including phenoxy) is 1. The van der Waals surface area contributed by atoms with Gasteiger partial charge in [0.05, 0.1) is 5.54 Å². The summed E-state index contributed by atoms with van der Waals surface area (Å²) in [6.45, 7) is 4.79. The van der Waals surface area contributed by atoms with Crippen molar-refractivity contribution in [1.29, 1.82) is 0 Å². The molecule has 2 unspecified atom stereocenters. The molecular weight excluding hydrogens is 306 g/mol. The number of hydrogen-bond donors (Lipinski definition) is 1. The highest BCUT2D eigenvalue weighted by atomic mass is 79.9. The van der Waals surface area contributed by atoms with Gasteiger partial charge >= 0.3 is 0 Å². The number of fused-ring (bicyclic) bond motifs is 1. The molecule has 1 saturated heterocycles. The molecule has 2 aliphatic rings. The summed E-state index contributed by atoms with van der Waals surface area (Å²) >= 11 is 3.47. The quantitative estimate of drug-likeness (QED) is 0.861. The van der Waals surface area contributed by atoms with Gasteiger partial charge in [-0.25, -0.2) is 0 Å². The molecule has 0 radical (unpaired) electrons. The predicted octanol–water partition coefficient (Wildman–Crippen LogP) is 3.12. The molecule has 1 aromatic rings. The third kappa shape index (κ3) is 2.30. The van der Waals surface area contributed by atoms with E-state index in [0.717, 1.165) is 28.9 Å². The summed E-state index contributed by atoms with van der Waals surface area (Å²) in [6, 6.07) is 5.86. The summed E-state index contributed by atoms with van der Waals surface area (Å²) in [5, 5.41) is 10.8. The third-order valence-corrected chi connectivity index (χ3v) is 4.95. The number of aliphatic hydroxyl groups is 1. The minimum Gasteiger partial charge on any atom is -0.491 e. The van der Waals surface area contributed by atoms with Crippen LogP contribution in [0.25, 0.3) is 0 Å². The fourth-order valence-electron chi connectivity index (χ4n) is 3.17. The SMILES string of the molecule is CC1(N2CCCCC2)COc2ccc(Br)cc2C1O. The second-order valence-corrected chi connectivity index (χ2v) is 6.69. The lowest BCUT2D eigenvalue weighted by Crippen LogP contribution is -2.57. The molecule has 0 spiro atoms. The van der Waals surface area contributed by atoms with Crippen molar-refractivity contribution in [3.63, 3.8) is 0 Å². The number of nitrogens with zero attached hydrogens (tertiary/aromatic N) is 1. The maximum absolute atomic E-state index is 10.8. The van der Waals surface area contributed by atoms with Gasteiger partial charge in [0.2, 0.25) is 0 Å². The molecule has 0 aromatic heterocycles. The van der Waals surface area contributed by atoms with Crippen molar-refractivity contribution < 1.29 is 9.84 Å². The van der Waals surface area contributed by atoms with Gasteiger partial charge in [-0.2, -0.15) is 0 Å². The molecule has 3 nitrogen and oxygen atoms in total. The Morgan fingerprint density at radius 1 is 1.32 bits per heavy atom. The van der Waals surface area contributed by atoms with Crippen LogP contribution >= 0.6 is 15.9 Å². The van der Waals surface area contributed by atoms with E-state index in [1.165, 1.54) is 19.3 Å². The van der Waals surface area contributed by atoms with E-state index < -0.39 is 6.10 Å². The van der Waals surface area contributed by atoms with Gasteiger partial charge in [-0.15, -0.1) is 0 Å². The van der Waals surface area contributed by atoms with Crippen LogP contribution in [0.2, 0.25) is 0 Å². The van der Waals surface area contributed by atoms with Gasteiger partial charge in [0, 0.05) is 10.0 Å². The van der Waals surface area contributed by atoms with Crippen LogP contribution in [0.1, 0.15) is 37.9 Å². The minimum atomic E-state index is -0.494. The molecular formula is C15H20BrNO2. The Balaban J connectivity index is 1.92. The zero-order valence-corrected chi connectivity index (χ0v) is 12.8. The lowest BCUT2D eigenvalue weighted by Gasteiger charge is -2.48. The summed E-state index contributed by atoms with van der Waals surface area (Å²) in [6.07, 6.45) is 3.24. The van der Waals surface area contributed by atoms with Crippen LogP contribution < -0.4 is 4.74 Å².